The van der Waals surface area contributed by atoms with Gasteiger partial charge in [-0.15, -0.1) is 0 Å². The van der Waals surface area contributed by atoms with Crippen LogP contribution in [-0.4, -0.2) is 59.4 Å². The zero-order chi connectivity index (χ0) is 15.4. The molecule has 1 aromatic rings. The molecule has 2 heterocycles. The highest BCUT2D eigenvalue weighted by atomic mass is 35.5. The first-order chi connectivity index (χ1) is 10.1. The Balaban J connectivity index is 2.31. The van der Waals surface area contributed by atoms with Crippen molar-refractivity contribution >= 4 is 11.6 Å². The Morgan fingerprint density at radius 3 is 2.90 bits per heavy atom. The Labute approximate surface area is 132 Å². The maximum absolute atomic E-state index is 6.39. The smallest absolute Gasteiger partial charge is 0.0835 e. The van der Waals surface area contributed by atoms with Crippen LogP contribution in [0.25, 0.3) is 0 Å². The number of likely N-dealkylation sites (N-methyl/N-ethyl adjacent to an activating group) is 2. The van der Waals surface area contributed by atoms with Gasteiger partial charge < -0.3 is 9.80 Å². The normalized spacial score (nSPS) is 23.2. The minimum atomic E-state index is -0.0305. The third-order valence-electron chi connectivity index (χ3n) is 4.24. The second kappa shape index (κ2) is 7.56. The lowest BCUT2D eigenvalue weighted by atomic mass is 10.0. The van der Waals surface area contributed by atoms with Gasteiger partial charge in [-0.25, -0.2) is 5.43 Å². The summed E-state index contributed by atoms with van der Waals surface area (Å²) in [5.74, 6) is 5.89. The molecule has 7 heteroatoms. The Bertz CT molecular complexity index is 449. The van der Waals surface area contributed by atoms with E-state index in [4.69, 9.17) is 17.4 Å². The van der Waals surface area contributed by atoms with Crippen molar-refractivity contribution in [3.8, 4) is 0 Å². The number of halogens is 1. The zero-order valence-corrected chi connectivity index (χ0v) is 14.0. The van der Waals surface area contributed by atoms with E-state index in [0.717, 1.165) is 38.3 Å². The van der Waals surface area contributed by atoms with Crippen molar-refractivity contribution in [3.63, 3.8) is 0 Å². The summed E-state index contributed by atoms with van der Waals surface area (Å²) in [7, 11) is 4.31. The van der Waals surface area contributed by atoms with Gasteiger partial charge in [-0.3, -0.25) is 10.5 Å². The molecule has 1 aliphatic rings. The molecule has 0 spiro atoms. The van der Waals surface area contributed by atoms with Crippen LogP contribution in [0.1, 0.15) is 31.5 Å². The van der Waals surface area contributed by atoms with Crippen LogP contribution in [-0.2, 0) is 6.54 Å². The van der Waals surface area contributed by atoms with E-state index in [1.807, 2.05) is 4.68 Å². The number of rotatable bonds is 5. The number of aryl methyl sites for hydroxylation is 1. The van der Waals surface area contributed by atoms with Gasteiger partial charge in [-0.05, 0) is 40.0 Å². The lowest BCUT2D eigenvalue weighted by Crippen LogP contribution is -2.49. The molecule has 0 aromatic carbocycles. The first-order valence-corrected chi connectivity index (χ1v) is 8.02. The lowest BCUT2D eigenvalue weighted by molar-refractivity contribution is 0.173. The summed E-state index contributed by atoms with van der Waals surface area (Å²) in [5.41, 5.74) is 3.97. The second-order valence-electron chi connectivity index (χ2n) is 5.91. The zero-order valence-electron chi connectivity index (χ0n) is 13.2. The largest absolute Gasteiger partial charge is 0.305 e. The van der Waals surface area contributed by atoms with E-state index in [-0.39, 0.29) is 12.1 Å². The summed E-state index contributed by atoms with van der Waals surface area (Å²) in [5, 5.41) is 5.08. The molecule has 1 aromatic heterocycles. The number of hydrogen-bond acceptors (Lipinski definition) is 5. The summed E-state index contributed by atoms with van der Waals surface area (Å²) in [6.07, 6.45) is 3.91. The van der Waals surface area contributed by atoms with Gasteiger partial charge in [0.05, 0.1) is 23.0 Å². The fourth-order valence-corrected chi connectivity index (χ4v) is 3.37. The standard InChI is InChI=1S/C14H27ClN6/c1-4-6-21-14(11(15)9-17-21)13(18-16)12-10-19(2)7-5-8-20(12)3/h9,12-13,18H,4-8,10,16H2,1-3H3. The van der Waals surface area contributed by atoms with Crippen molar-refractivity contribution in [2.45, 2.75) is 38.4 Å². The molecule has 0 bridgehead atoms. The Hall–Kier alpha value is -0.660. The van der Waals surface area contributed by atoms with Crippen LogP contribution >= 0.6 is 11.6 Å². The van der Waals surface area contributed by atoms with Crippen LogP contribution in [0.3, 0.4) is 0 Å². The highest BCUT2D eigenvalue weighted by Gasteiger charge is 2.32. The van der Waals surface area contributed by atoms with Crippen LogP contribution in [0.5, 0.6) is 0 Å². The monoisotopic (exact) mass is 314 g/mol. The molecule has 0 aliphatic carbocycles. The molecule has 1 aliphatic heterocycles. The number of nitrogens with one attached hydrogen (secondary N) is 1. The topological polar surface area (TPSA) is 62.4 Å². The third kappa shape index (κ3) is 3.76. The summed E-state index contributed by atoms with van der Waals surface area (Å²) < 4.78 is 1.98. The molecule has 21 heavy (non-hydrogen) atoms. The van der Waals surface area contributed by atoms with Gasteiger partial charge in [0.25, 0.3) is 0 Å². The molecule has 2 atom stereocenters. The van der Waals surface area contributed by atoms with Gasteiger partial charge in [0.2, 0.25) is 0 Å². The van der Waals surface area contributed by atoms with Crippen molar-refractivity contribution in [3.05, 3.63) is 16.9 Å². The molecular weight excluding hydrogens is 288 g/mol. The quantitative estimate of drug-likeness (QED) is 0.629. The predicted octanol–water partition coefficient (Wildman–Crippen LogP) is 1.09. The van der Waals surface area contributed by atoms with Gasteiger partial charge in [0.15, 0.2) is 0 Å². The van der Waals surface area contributed by atoms with Gasteiger partial charge in [-0.1, -0.05) is 18.5 Å². The van der Waals surface area contributed by atoms with E-state index in [1.54, 1.807) is 6.20 Å². The van der Waals surface area contributed by atoms with E-state index in [9.17, 15) is 0 Å². The average molecular weight is 315 g/mol. The SMILES string of the molecule is CCCn1ncc(Cl)c1C(NN)C1CN(C)CCCN1C. The van der Waals surface area contributed by atoms with Crippen LogP contribution in [0.2, 0.25) is 5.02 Å². The molecule has 6 nitrogen and oxygen atoms in total. The van der Waals surface area contributed by atoms with Gasteiger partial charge >= 0.3 is 0 Å². The molecule has 3 N–H and O–H groups in total. The fourth-order valence-electron chi connectivity index (χ4n) is 3.11. The maximum atomic E-state index is 6.39. The van der Waals surface area contributed by atoms with Crippen LogP contribution in [0.15, 0.2) is 6.20 Å². The van der Waals surface area contributed by atoms with Crippen LogP contribution in [0, 0.1) is 0 Å². The summed E-state index contributed by atoms with van der Waals surface area (Å²) >= 11 is 6.39. The highest BCUT2D eigenvalue weighted by Crippen LogP contribution is 2.28. The second-order valence-corrected chi connectivity index (χ2v) is 6.32. The van der Waals surface area contributed by atoms with E-state index in [2.05, 4.69) is 41.3 Å². The minimum Gasteiger partial charge on any atom is -0.305 e. The number of nitrogens with zero attached hydrogens (tertiary/aromatic N) is 4. The van der Waals surface area contributed by atoms with E-state index >= 15 is 0 Å². The molecule has 0 radical (unpaired) electrons. The molecule has 1 fully saturated rings. The molecule has 120 valence electrons. The third-order valence-corrected chi connectivity index (χ3v) is 4.53. The first kappa shape index (κ1) is 16.7. The fraction of sp³-hybridized carbons (Fsp3) is 0.786. The van der Waals surface area contributed by atoms with Crippen LogP contribution in [0.4, 0.5) is 0 Å². The van der Waals surface area contributed by atoms with Crippen molar-refractivity contribution in [2.24, 2.45) is 5.84 Å². The van der Waals surface area contributed by atoms with Crippen molar-refractivity contribution in [2.75, 3.05) is 33.7 Å². The first-order valence-electron chi connectivity index (χ1n) is 7.64. The van der Waals surface area contributed by atoms with Crippen molar-refractivity contribution in [1.29, 1.82) is 0 Å². The number of nitrogens with two attached hydrogens (primary N) is 1. The van der Waals surface area contributed by atoms with Crippen LogP contribution < -0.4 is 11.3 Å². The Morgan fingerprint density at radius 2 is 2.24 bits per heavy atom. The molecule has 0 amide bonds. The summed E-state index contributed by atoms with van der Waals surface area (Å²) in [6, 6.07) is 0.240. The van der Waals surface area contributed by atoms with Gasteiger partial charge in [-0.2, -0.15) is 5.10 Å². The molecule has 0 saturated carbocycles. The van der Waals surface area contributed by atoms with Crippen molar-refractivity contribution in [1.82, 2.24) is 25.0 Å². The Morgan fingerprint density at radius 1 is 1.48 bits per heavy atom. The lowest BCUT2D eigenvalue weighted by Gasteiger charge is -2.34. The van der Waals surface area contributed by atoms with E-state index in [1.165, 1.54) is 6.42 Å². The van der Waals surface area contributed by atoms with Gasteiger partial charge in [0.1, 0.15) is 0 Å². The highest BCUT2D eigenvalue weighted by molar-refractivity contribution is 6.31. The molecule has 1 saturated heterocycles. The maximum Gasteiger partial charge on any atom is 0.0835 e. The number of hydrogen-bond donors (Lipinski definition) is 2. The summed E-state index contributed by atoms with van der Waals surface area (Å²) in [6.45, 7) is 6.12. The average Bonchev–Trinajstić information content (AvgIpc) is 2.71. The number of aromatic nitrogens is 2. The van der Waals surface area contributed by atoms with E-state index in [0.29, 0.717) is 5.02 Å². The Kier molecular flexibility index (Phi) is 6.01. The van der Waals surface area contributed by atoms with Crippen molar-refractivity contribution < 1.29 is 0 Å². The summed E-state index contributed by atoms with van der Waals surface area (Å²) in [4.78, 5) is 4.72. The molecule has 2 rings (SSSR count). The predicted molar refractivity (Wildman–Crippen MR) is 86.1 cm³/mol. The van der Waals surface area contributed by atoms with E-state index < -0.39 is 0 Å². The molecule has 2 unspecified atom stereocenters. The molecular formula is C14H27ClN6. The number of hydrazine groups is 1. The minimum absolute atomic E-state index is 0.0305. The van der Waals surface area contributed by atoms with Gasteiger partial charge in [0, 0.05) is 19.1 Å².